The van der Waals surface area contributed by atoms with Crippen LogP contribution in [0.25, 0.3) is 0 Å². The molecule has 1 N–H and O–H groups in total. The zero-order chi connectivity index (χ0) is 11.3. The Labute approximate surface area is 89.8 Å². The minimum absolute atomic E-state index is 0.108. The van der Waals surface area contributed by atoms with E-state index in [1.54, 1.807) is 7.05 Å². The van der Waals surface area contributed by atoms with Gasteiger partial charge in [-0.15, -0.1) is 0 Å². The molecule has 5 nitrogen and oxygen atoms in total. The Morgan fingerprint density at radius 3 is 2.60 bits per heavy atom. The molecular weight excluding hydrogens is 196 g/mol. The van der Waals surface area contributed by atoms with Crippen LogP contribution in [0.4, 0.5) is 4.79 Å². The summed E-state index contributed by atoms with van der Waals surface area (Å²) in [6, 6.07) is 0.224. The first-order valence-electron chi connectivity index (χ1n) is 5.22. The molecule has 0 atom stereocenters. The third-order valence-corrected chi connectivity index (χ3v) is 2.66. The summed E-state index contributed by atoms with van der Waals surface area (Å²) in [7, 11) is 3.02. The Morgan fingerprint density at radius 1 is 1.47 bits per heavy atom. The second kappa shape index (κ2) is 5.58. The van der Waals surface area contributed by atoms with Crippen molar-refractivity contribution in [2.45, 2.75) is 31.7 Å². The summed E-state index contributed by atoms with van der Waals surface area (Å²) in [6.07, 6.45) is 3.56. The van der Waals surface area contributed by atoms with Crippen molar-refractivity contribution in [3.8, 4) is 0 Å². The number of methoxy groups -OCH3 is 1. The minimum Gasteiger partial charge on any atom is -0.469 e. The lowest BCUT2D eigenvalue weighted by Gasteiger charge is -2.28. The van der Waals surface area contributed by atoms with Crippen LogP contribution in [0.3, 0.4) is 0 Å². The number of nitrogens with zero attached hydrogens (tertiary/aromatic N) is 1. The number of carbonyl (C=O) groups excluding carboxylic acids is 2. The lowest BCUT2D eigenvalue weighted by atomic mass is 9.93. The first kappa shape index (κ1) is 11.8. The molecule has 5 heteroatoms. The maximum absolute atomic E-state index is 11.5. The van der Waals surface area contributed by atoms with Gasteiger partial charge in [-0.3, -0.25) is 4.79 Å². The van der Waals surface area contributed by atoms with Crippen molar-refractivity contribution in [2.24, 2.45) is 0 Å². The second-order valence-corrected chi connectivity index (χ2v) is 3.83. The summed E-state index contributed by atoms with van der Waals surface area (Å²) in [5.41, 5.74) is 0. The first-order valence-corrected chi connectivity index (χ1v) is 5.22. The molecule has 0 aromatic carbocycles. The van der Waals surface area contributed by atoms with Crippen molar-refractivity contribution < 1.29 is 14.3 Å². The van der Waals surface area contributed by atoms with Crippen molar-refractivity contribution in [3.05, 3.63) is 0 Å². The molecule has 0 heterocycles. The van der Waals surface area contributed by atoms with Crippen molar-refractivity contribution in [1.29, 1.82) is 0 Å². The van der Waals surface area contributed by atoms with Gasteiger partial charge in [0.05, 0.1) is 13.5 Å². The number of hydrogen-bond acceptors (Lipinski definition) is 3. The molecule has 2 amide bonds. The molecule has 0 bridgehead atoms. The van der Waals surface area contributed by atoms with E-state index in [4.69, 9.17) is 0 Å². The molecule has 0 saturated heterocycles. The van der Waals surface area contributed by atoms with Gasteiger partial charge in [0.25, 0.3) is 0 Å². The number of amides is 2. The van der Waals surface area contributed by atoms with E-state index < -0.39 is 0 Å². The van der Waals surface area contributed by atoms with E-state index in [2.05, 4.69) is 10.1 Å². The highest BCUT2D eigenvalue weighted by molar-refractivity contribution is 5.75. The van der Waals surface area contributed by atoms with E-state index in [0.29, 0.717) is 12.6 Å². The third-order valence-electron chi connectivity index (χ3n) is 2.66. The average Bonchev–Trinajstić information content (AvgIpc) is 2.18. The molecule has 1 saturated carbocycles. The normalized spacial score (nSPS) is 15.3. The van der Waals surface area contributed by atoms with Gasteiger partial charge in [0.15, 0.2) is 0 Å². The summed E-state index contributed by atoms with van der Waals surface area (Å²) < 4.78 is 4.50. The summed E-state index contributed by atoms with van der Waals surface area (Å²) in [5, 5.41) is 2.89. The highest BCUT2D eigenvalue weighted by atomic mass is 16.5. The predicted molar refractivity (Wildman–Crippen MR) is 55.4 cm³/mol. The average molecular weight is 214 g/mol. The van der Waals surface area contributed by atoms with Crippen LogP contribution in [0.5, 0.6) is 0 Å². The molecule has 1 rings (SSSR count). The highest BCUT2D eigenvalue weighted by Crippen LogP contribution is 2.18. The molecule has 86 valence electrons. The van der Waals surface area contributed by atoms with Gasteiger partial charge in [0.2, 0.25) is 0 Å². The van der Waals surface area contributed by atoms with Gasteiger partial charge in [-0.25, -0.2) is 4.79 Å². The van der Waals surface area contributed by atoms with Gasteiger partial charge >= 0.3 is 12.0 Å². The van der Waals surface area contributed by atoms with Crippen LogP contribution >= 0.6 is 0 Å². The number of rotatable bonds is 4. The fourth-order valence-electron chi connectivity index (χ4n) is 1.30. The summed E-state index contributed by atoms with van der Waals surface area (Å²) >= 11 is 0. The quantitative estimate of drug-likeness (QED) is 0.702. The molecule has 1 aliphatic carbocycles. The highest BCUT2D eigenvalue weighted by Gasteiger charge is 2.21. The van der Waals surface area contributed by atoms with Gasteiger partial charge in [-0.2, -0.15) is 0 Å². The standard InChI is InChI=1S/C10H18N2O3/c1-12(7-6-9(13)15-2)10(14)11-8-4-3-5-8/h8H,3-7H2,1-2H3,(H,11,14). The SMILES string of the molecule is COC(=O)CCN(C)C(=O)NC1CCC1. The van der Waals surface area contributed by atoms with Crippen molar-refractivity contribution >= 4 is 12.0 Å². The third kappa shape index (κ3) is 3.77. The van der Waals surface area contributed by atoms with Crippen LogP contribution in [-0.4, -0.2) is 43.6 Å². The van der Waals surface area contributed by atoms with Crippen molar-refractivity contribution in [3.63, 3.8) is 0 Å². The first-order chi connectivity index (χ1) is 7.13. The maximum atomic E-state index is 11.5. The van der Waals surface area contributed by atoms with Gasteiger partial charge in [0, 0.05) is 19.6 Å². The Balaban J connectivity index is 2.17. The van der Waals surface area contributed by atoms with E-state index >= 15 is 0 Å². The second-order valence-electron chi connectivity index (χ2n) is 3.83. The molecule has 0 aromatic rings. The van der Waals surface area contributed by atoms with Gasteiger partial charge in [0.1, 0.15) is 0 Å². The number of urea groups is 1. The fourth-order valence-corrected chi connectivity index (χ4v) is 1.30. The largest absolute Gasteiger partial charge is 0.469 e. The van der Waals surface area contributed by atoms with Crippen LogP contribution in [0.2, 0.25) is 0 Å². The summed E-state index contributed by atoms with van der Waals surface area (Å²) in [4.78, 5) is 23.9. The van der Waals surface area contributed by atoms with E-state index in [1.807, 2.05) is 0 Å². The Morgan fingerprint density at radius 2 is 2.13 bits per heavy atom. The number of nitrogens with one attached hydrogen (secondary N) is 1. The van der Waals surface area contributed by atoms with Crippen LogP contribution in [0.1, 0.15) is 25.7 Å². The van der Waals surface area contributed by atoms with Crippen molar-refractivity contribution in [1.82, 2.24) is 10.2 Å². The Bertz CT molecular complexity index is 239. The monoisotopic (exact) mass is 214 g/mol. The maximum Gasteiger partial charge on any atom is 0.317 e. The Kier molecular flexibility index (Phi) is 4.39. The van der Waals surface area contributed by atoms with Crippen LogP contribution in [0.15, 0.2) is 0 Å². The van der Waals surface area contributed by atoms with Crippen LogP contribution in [0, 0.1) is 0 Å². The molecule has 0 aromatic heterocycles. The molecule has 0 spiro atoms. The van der Waals surface area contributed by atoms with Gasteiger partial charge < -0.3 is 15.0 Å². The van der Waals surface area contributed by atoms with E-state index in [9.17, 15) is 9.59 Å². The molecule has 0 unspecified atom stereocenters. The number of carbonyl (C=O) groups is 2. The lowest BCUT2D eigenvalue weighted by molar-refractivity contribution is -0.140. The molecule has 0 radical (unpaired) electrons. The fraction of sp³-hybridized carbons (Fsp3) is 0.800. The molecule has 15 heavy (non-hydrogen) atoms. The number of esters is 1. The molecular formula is C10H18N2O3. The molecule has 1 aliphatic rings. The smallest absolute Gasteiger partial charge is 0.317 e. The topological polar surface area (TPSA) is 58.6 Å². The predicted octanol–water partition coefficient (Wildman–Crippen LogP) is 0.743. The number of ether oxygens (including phenoxy) is 1. The van der Waals surface area contributed by atoms with E-state index in [0.717, 1.165) is 12.8 Å². The Hall–Kier alpha value is -1.26. The summed E-state index contributed by atoms with van der Waals surface area (Å²) in [5.74, 6) is -0.293. The van der Waals surface area contributed by atoms with E-state index in [1.165, 1.54) is 18.4 Å². The molecule has 0 aliphatic heterocycles. The van der Waals surface area contributed by atoms with Crippen LogP contribution in [-0.2, 0) is 9.53 Å². The lowest BCUT2D eigenvalue weighted by Crippen LogP contribution is -2.46. The number of hydrogen-bond donors (Lipinski definition) is 1. The van der Waals surface area contributed by atoms with Gasteiger partial charge in [-0.05, 0) is 19.3 Å². The van der Waals surface area contributed by atoms with Gasteiger partial charge in [-0.1, -0.05) is 0 Å². The molecule has 1 fully saturated rings. The summed E-state index contributed by atoms with van der Waals surface area (Å²) in [6.45, 7) is 0.394. The zero-order valence-electron chi connectivity index (χ0n) is 9.28. The van der Waals surface area contributed by atoms with Crippen molar-refractivity contribution in [2.75, 3.05) is 20.7 Å². The van der Waals surface area contributed by atoms with Crippen LogP contribution < -0.4 is 5.32 Å². The zero-order valence-corrected chi connectivity index (χ0v) is 9.28. The van der Waals surface area contributed by atoms with E-state index in [-0.39, 0.29) is 18.4 Å². The minimum atomic E-state index is -0.293.